The molecule has 3 atom stereocenters. The Kier molecular flexibility index (Phi) is 2.73. The van der Waals surface area contributed by atoms with E-state index in [1.165, 1.54) is 7.11 Å². The van der Waals surface area contributed by atoms with Crippen molar-refractivity contribution in [2.24, 2.45) is 5.92 Å². The Morgan fingerprint density at radius 3 is 3.00 bits per heavy atom. The Morgan fingerprint density at radius 1 is 1.60 bits per heavy atom. The third kappa shape index (κ3) is 1.56. The van der Waals surface area contributed by atoms with Crippen LogP contribution in [0, 0.1) is 5.92 Å². The summed E-state index contributed by atoms with van der Waals surface area (Å²) in [5, 5.41) is 10.6. The highest BCUT2D eigenvalue weighted by Gasteiger charge is 2.53. The number of fused-ring (bicyclic) bond motifs is 1. The average Bonchev–Trinajstić information content (AvgIpc) is 2.81. The number of aliphatic hydroxyl groups is 1. The van der Waals surface area contributed by atoms with E-state index in [0.29, 0.717) is 6.42 Å². The van der Waals surface area contributed by atoms with Gasteiger partial charge in [0, 0.05) is 12.6 Å². The highest BCUT2D eigenvalue weighted by Crippen LogP contribution is 2.40. The van der Waals surface area contributed by atoms with Gasteiger partial charge >= 0.3 is 5.97 Å². The fourth-order valence-corrected chi connectivity index (χ4v) is 3.04. The van der Waals surface area contributed by atoms with Crippen molar-refractivity contribution in [2.75, 3.05) is 20.2 Å². The molecule has 4 heteroatoms. The number of nitrogens with zero attached hydrogens (tertiary/aromatic N) is 1. The molecule has 2 rings (SSSR count). The summed E-state index contributed by atoms with van der Waals surface area (Å²) in [6, 6.07) is 0.159. The van der Waals surface area contributed by atoms with Crippen molar-refractivity contribution in [3.05, 3.63) is 0 Å². The van der Waals surface area contributed by atoms with E-state index in [9.17, 15) is 9.90 Å². The summed E-state index contributed by atoms with van der Waals surface area (Å²) < 4.78 is 4.72. The molecule has 4 nitrogen and oxygen atoms in total. The smallest absolute Gasteiger partial charge is 0.311 e. The van der Waals surface area contributed by atoms with Gasteiger partial charge in [0.15, 0.2) is 0 Å². The number of hydrogen-bond donors (Lipinski definition) is 1. The second kappa shape index (κ2) is 3.76. The number of hydrogen-bond acceptors (Lipinski definition) is 4. The van der Waals surface area contributed by atoms with Gasteiger partial charge < -0.3 is 9.84 Å². The first-order chi connectivity index (χ1) is 7.09. The standard InChI is InChI=1S/C11H19NO3/c1-8(10(13)15-2)11(14)5-7-12-6-3-4-9(11)12/h8-9,14H,3-7H2,1-2H3. The van der Waals surface area contributed by atoms with E-state index in [1.54, 1.807) is 6.92 Å². The number of esters is 1. The molecule has 0 radical (unpaired) electrons. The van der Waals surface area contributed by atoms with Gasteiger partial charge in [0.2, 0.25) is 0 Å². The lowest BCUT2D eigenvalue weighted by Gasteiger charge is -2.33. The second-order valence-electron chi connectivity index (χ2n) is 4.68. The summed E-state index contributed by atoms with van der Waals surface area (Å²) in [5.41, 5.74) is -0.871. The first-order valence-corrected chi connectivity index (χ1v) is 5.64. The summed E-state index contributed by atoms with van der Waals surface area (Å²) in [5.74, 6) is -0.721. The monoisotopic (exact) mass is 213 g/mol. The molecule has 0 aromatic rings. The zero-order valence-electron chi connectivity index (χ0n) is 9.40. The van der Waals surface area contributed by atoms with E-state index < -0.39 is 11.5 Å². The molecule has 0 aromatic heterocycles. The van der Waals surface area contributed by atoms with Gasteiger partial charge in [0.05, 0.1) is 18.6 Å². The molecule has 0 saturated carbocycles. The molecule has 15 heavy (non-hydrogen) atoms. The summed E-state index contributed by atoms with van der Waals surface area (Å²) in [7, 11) is 1.38. The molecule has 1 N–H and O–H groups in total. The van der Waals surface area contributed by atoms with Gasteiger partial charge in [-0.15, -0.1) is 0 Å². The molecule has 0 amide bonds. The molecule has 0 bridgehead atoms. The van der Waals surface area contributed by atoms with E-state index >= 15 is 0 Å². The minimum atomic E-state index is -0.871. The SMILES string of the molecule is COC(=O)C(C)C1(O)CCN2CCCC21. The van der Waals surface area contributed by atoms with E-state index in [-0.39, 0.29) is 12.0 Å². The van der Waals surface area contributed by atoms with E-state index in [4.69, 9.17) is 4.74 Å². The molecular formula is C11H19NO3. The largest absolute Gasteiger partial charge is 0.469 e. The predicted molar refractivity (Wildman–Crippen MR) is 55.3 cm³/mol. The fourth-order valence-electron chi connectivity index (χ4n) is 3.04. The van der Waals surface area contributed by atoms with E-state index in [0.717, 1.165) is 25.9 Å². The van der Waals surface area contributed by atoms with Crippen molar-refractivity contribution in [2.45, 2.75) is 37.8 Å². The van der Waals surface area contributed by atoms with Crippen molar-refractivity contribution in [3.8, 4) is 0 Å². The lowest BCUT2D eigenvalue weighted by atomic mass is 9.81. The lowest BCUT2D eigenvalue weighted by molar-refractivity contribution is -0.156. The van der Waals surface area contributed by atoms with Crippen molar-refractivity contribution < 1.29 is 14.6 Å². The Labute approximate surface area is 90.2 Å². The molecule has 3 unspecified atom stereocenters. The third-order valence-corrected chi connectivity index (χ3v) is 4.04. The Hall–Kier alpha value is -0.610. The molecule has 2 fully saturated rings. The predicted octanol–water partition coefficient (Wildman–Crippen LogP) is 0.395. The van der Waals surface area contributed by atoms with Crippen LogP contribution >= 0.6 is 0 Å². The first kappa shape index (κ1) is 10.9. The van der Waals surface area contributed by atoms with Crippen LogP contribution in [-0.4, -0.2) is 47.8 Å². The van der Waals surface area contributed by atoms with Gasteiger partial charge in [0.1, 0.15) is 0 Å². The van der Waals surface area contributed by atoms with Crippen molar-refractivity contribution in [1.29, 1.82) is 0 Å². The van der Waals surface area contributed by atoms with Crippen molar-refractivity contribution in [3.63, 3.8) is 0 Å². The topological polar surface area (TPSA) is 49.8 Å². The van der Waals surface area contributed by atoms with Crippen LogP contribution in [-0.2, 0) is 9.53 Å². The van der Waals surface area contributed by atoms with Crippen LogP contribution in [0.2, 0.25) is 0 Å². The molecule has 2 aliphatic rings. The molecule has 0 aromatic carbocycles. The van der Waals surface area contributed by atoms with Gasteiger partial charge in [-0.3, -0.25) is 9.69 Å². The summed E-state index contributed by atoms with van der Waals surface area (Å²) in [6.45, 7) is 3.73. The van der Waals surface area contributed by atoms with Gasteiger partial charge in [-0.1, -0.05) is 0 Å². The van der Waals surface area contributed by atoms with Gasteiger partial charge in [-0.25, -0.2) is 0 Å². The maximum absolute atomic E-state index is 11.5. The molecule has 0 spiro atoms. The first-order valence-electron chi connectivity index (χ1n) is 5.64. The second-order valence-corrected chi connectivity index (χ2v) is 4.68. The van der Waals surface area contributed by atoms with Crippen molar-refractivity contribution >= 4 is 5.97 Å². The maximum Gasteiger partial charge on any atom is 0.311 e. The highest BCUT2D eigenvalue weighted by atomic mass is 16.5. The Morgan fingerprint density at radius 2 is 2.33 bits per heavy atom. The van der Waals surface area contributed by atoms with Gasteiger partial charge in [0.25, 0.3) is 0 Å². The summed E-state index contributed by atoms with van der Waals surface area (Å²) >= 11 is 0. The maximum atomic E-state index is 11.5. The minimum Gasteiger partial charge on any atom is -0.469 e. The van der Waals surface area contributed by atoms with Crippen LogP contribution in [0.5, 0.6) is 0 Å². The molecule has 2 heterocycles. The molecule has 0 aliphatic carbocycles. The fraction of sp³-hybridized carbons (Fsp3) is 0.909. The number of carbonyl (C=O) groups is 1. The van der Waals surface area contributed by atoms with Crippen LogP contribution < -0.4 is 0 Å². The van der Waals surface area contributed by atoms with Crippen LogP contribution in [0.25, 0.3) is 0 Å². The zero-order valence-corrected chi connectivity index (χ0v) is 9.40. The molecular weight excluding hydrogens is 194 g/mol. The number of ether oxygens (including phenoxy) is 1. The van der Waals surface area contributed by atoms with Crippen LogP contribution in [0.15, 0.2) is 0 Å². The normalized spacial score (nSPS) is 37.7. The Balaban J connectivity index is 2.15. The number of carbonyl (C=O) groups excluding carboxylic acids is 1. The highest BCUT2D eigenvalue weighted by molar-refractivity contribution is 5.73. The average molecular weight is 213 g/mol. The summed E-state index contributed by atoms with van der Waals surface area (Å²) in [6.07, 6.45) is 2.81. The summed E-state index contributed by atoms with van der Waals surface area (Å²) in [4.78, 5) is 13.8. The minimum absolute atomic E-state index is 0.159. The quantitative estimate of drug-likeness (QED) is 0.674. The van der Waals surface area contributed by atoms with Gasteiger partial charge in [-0.2, -0.15) is 0 Å². The van der Waals surface area contributed by atoms with Crippen LogP contribution in [0.1, 0.15) is 26.2 Å². The van der Waals surface area contributed by atoms with Crippen LogP contribution in [0.3, 0.4) is 0 Å². The molecule has 2 saturated heterocycles. The number of methoxy groups -OCH3 is 1. The third-order valence-electron chi connectivity index (χ3n) is 4.04. The lowest BCUT2D eigenvalue weighted by Crippen LogP contribution is -2.49. The Bertz CT molecular complexity index is 269. The zero-order chi connectivity index (χ0) is 11.1. The number of rotatable bonds is 2. The molecule has 86 valence electrons. The van der Waals surface area contributed by atoms with E-state index in [2.05, 4.69) is 4.90 Å². The molecule has 2 aliphatic heterocycles. The van der Waals surface area contributed by atoms with Crippen molar-refractivity contribution in [1.82, 2.24) is 4.90 Å². The van der Waals surface area contributed by atoms with Gasteiger partial charge in [-0.05, 0) is 32.7 Å². The van der Waals surface area contributed by atoms with Crippen LogP contribution in [0.4, 0.5) is 0 Å². The van der Waals surface area contributed by atoms with E-state index in [1.807, 2.05) is 0 Å².